The van der Waals surface area contributed by atoms with Gasteiger partial charge in [-0.3, -0.25) is 51.9 Å². The van der Waals surface area contributed by atoms with E-state index in [1.807, 2.05) is 31.0 Å². The summed E-state index contributed by atoms with van der Waals surface area (Å²) in [5.41, 5.74) is -0.271. The molecule has 0 bridgehead atoms. The number of halogens is 1. The number of hydrogen-bond acceptors (Lipinski definition) is 15. The van der Waals surface area contributed by atoms with Crippen LogP contribution >= 0.6 is 7.82 Å². The molecule has 2 aliphatic rings. The van der Waals surface area contributed by atoms with Gasteiger partial charge in [-0.1, -0.05) is 116 Å². The van der Waals surface area contributed by atoms with Gasteiger partial charge >= 0.3 is 31.1 Å². The highest BCUT2D eigenvalue weighted by Gasteiger charge is 2.51. The maximum absolute atomic E-state index is 16.2. The first-order valence-electron chi connectivity index (χ1n) is 27.1. The van der Waals surface area contributed by atoms with E-state index in [1.54, 1.807) is 6.92 Å². The number of aryl methyl sites for hydroxylation is 2. The molecule has 422 valence electrons. The number of aromatic nitrogens is 4. The van der Waals surface area contributed by atoms with Crippen LogP contribution < -0.4 is 27.2 Å². The number of phosphoric ester groups is 1. The number of benzene rings is 1. The van der Waals surface area contributed by atoms with E-state index in [0.717, 1.165) is 56.7 Å². The number of hydrogen-bond donors (Lipinski definition) is 2. The Bertz CT molecular complexity index is 2650. The Kier molecular flexibility index (Phi) is 25.8. The number of H-pyrrole nitrogens is 2. The Morgan fingerprint density at radius 2 is 1.42 bits per heavy atom. The number of alkyl halides is 1. The van der Waals surface area contributed by atoms with Crippen LogP contribution in [0.4, 0.5) is 4.39 Å². The Morgan fingerprint density at radius 3 is 2.05 bits per heavy atom. The molecule has 22 heteroatoms. The van der Waals surface area contributed by atoms with E-state index < -0.39 is 105 Å². The van der Waals surface area contributed by atoms with E-state index in [1.165, 1.54) is 103 Å². The van der Waals surface area contributed by atoms with Crippen LogP contribution in [0.5, 0.6) is 5.75 Å². The van der Waals surface area contributed by atoms with Gasteiger partial charge in [0.2, 0.25) is 6.54 Å². The third-order valence-electron chi connectivity index (χ3n) is 13.7. The van der Waals surface area contributed by atoms with Gasteiger partial charge < -0.3 is 28.5 Å². The van der Waals surface area contributed by atoms with Gasteiger partial charge in [0.15, 0.2) is 12.4 Å². The predicted molar refractivity (Wildman–Crippen MR) is 281 cm³/mol. The number of unbranched alkanes of at least 4 members (excludes halogenated alkanes) is 15. The summed E-state index contributed by atoms with van der Waals surface area (Å²) >= 11 is 0. The number of rotatable bonds is 35. The quantitative estimate of drug-likeness (QED) is 0.0241. The van der Waals surface area contributed by atoms with Gasteiger partial charge in [-0.05, 0) is 56.4 Å². The minimum atomic E-state index is -4.86. The van der Waals surface area contributed by atoms with Gasteiger partial charge in [0.05, 0.1) is 32.2 Å². The van der Waals surface area contributed by atoms with Gasteiger partial charge in [-0.25, -0.2) is 25.1 Å². The zero-order valence-electron chi connectivity index (χ0n) is 44.9. The Morgan fingerprint density at radius 1 is 0.789 bits per heavy atom. The summed E-state index contributed by atoms with van der Waals surface area (Å²) in [6.45, 7) is 15.5. The van der Waals surface area contributed by atoms with E-state index in [0.29, 0.717) is 6.61 Å². The summed E-state index contributed by atoms with van der Waals surface area (Å²) in [6, 6.07) is 4.78. The van der Waals surface area contributed by atoms with Crippen LogP contribution in [0, 0.1) is 27.3 Å². The standard InChI is InChI=1S/C54H79FN5O15P/c1-7-9-10-11-12-13-14-15-16-17-18-19-20-21-22-23-29-68-42-32-40(31-37(3)39(42)5)35-69-47(62)24-25-48(63)73-43-33-46(60-34-38(4)51(64)58-54(60)66)72-44(43)36-71-76(67,70-30-27-56-6)75-50-41(8-2)74-52(49(50)55)59-28-26-45(61)57-53(59)65/h26,28,31-32,34,41,43-44,46,49-50,52H,7-25,27,29-30,33,35-36H2,1-5H3,(H,57,61,65)(H,58,64,66)/t41-,43?,44-,46-,49+,50?,52-,76?/m1/s1. The topological polar surface area (TPSA) is 239 Å². The average molecular weight is 1090 g/mol. The molecule has 2 N–H and O–H groups in total. The average Bonchev–Trinajstić information content (AvgIpc) is 3.94. The second-order valence-electron chi connectivity index (χ2n) is 19.7. The molecule has 3 aromatic rings. The lowest BCUT2D eigenvalue weighted by atomic mass is 10.0. The molecule has 1 aromatic carbocycles. The minimum absolute atomic E-state index is 0.0587. The smallest absolute Gasteiger partial charge is 0.475 e. The maximum Gasteiger partial charge on any atom is 0.475 e. The van der Waals surface area contributed by atoms with Crippen LogP contribution in [0.15, 0.2) is 49.8 Å². The van der Waals surface area contributed by atoms with Crippen molar-refractivity contribution in [3.05, 3.63) is 106 Å². The zero-order valence-corrected chi connectivity index (χ0v) is 45.8. The first-order valence-corrected chi connectivity index (χ1v) is 28.6. The fourth-order valence-corrected chi connectivity index (χ4v) is 10.6. The SMILES string of the molecule is [C-]#[N+]CCOP(=O)(OC[C@H]1O[C@@H](n2cc(C)c(=O)[nH]c2=O)CC1OC(=O)CCC(=O)OCc1cc(C)c(C)c(OCCCCCCCCCCCCCCCCCC)c1)OC1[C@@H](CC)O[C@@H](n2ccc(=O)[nH]c2=O)[C@H]1F. The second-order valence-corrected chi connectivity index (χ2v) is 21.3. The molecular formula is C54H79FN5O15P. The fraction of sp³-hybridized carbons (Fsp3) is 0.685. The van der Waals surface area contributed by atoms with Crippen molar-refractivity contribution in [2.75, 3.05) is 26.4 Å². The largest absolute Gasteiger partial charge is 0.493 e. The first-order chi connectivity index (χ1) is 36.6. The molecule has 0 aliphatic carbocycles. The lowest BCUT2D eigenvalue weighted by Crippen LogP contribution is -2.36. The normalized spacial score (nSPS) is 21.0. The molecule has 3 unspecified atom stereocenters. The van der Waals surface area contributed by atoms with Crippen LogP contribution in [0.25, 0.3) is 4.85 Å². The summed E-state index contributed by atoms with van der Waals surface area (Å²) in [5, 5.41) is 0. The van der Waals surface area contributed by atoms with Crippen molar-refractivity contribution in [1.29, 1.82) is 0 Å². The van der Waals surface area contributed by atoms with Crippen LogP contribution in [0.1, 0.15) is 177 Å². The molecule has 2 fully saturated rings. The summed E-state index contributed by atoms with van der Waals surface area (Å²) in [5.74, 6) is -0.791. The van der Waals surface area contributed by atoms with E-state index in [2.05, 4.69) is 16.8 Å². The number of aromatic amines is 2. The zero-order chi connectivity index (χ0) is 55.0. The van der Waals surface area contributed by atoms with Crippen LogP contribution in [0.2, 0.25) is 0 Å². The maximum atomic E-state index is 16.2. The number of carbonyl (C=O) groups excluding carboxylic acids is 2. The molecule has 2 aromatic heterocycles. The first kappa shape index (κ1) is 61.6. The molecule has 20 nitrogen and oxygen atoms in total. The Balaban J connectivity index is 1.11. The molecule has 0 amide bonds. The molecule has 4 heterocycles. The number of carbonyl (C=O) groups is 2. The monoisotopic (exact) mass is 1090 g/mol. The number of ether oxygens (including phenoxy) is 5. The van der Waals surface area contributed by atoms with Crippen molar-refractivity contribution in [1.82, 2.24) is 19.1 Å². The van der Waals surface area contributed by atoms with Crippen LogP contribution in [-0.2, 0) is 53.3 Å². The van der Waals surface area contributed by atoms with Crippen molar-refractivity contribution < 1.29 is 55.8 Å². The van der Waals surface area contributed by atoms with Crippen LogP contribution in [0.3, 0.4) is 0 Å². The molecule has 0 saturated carbocycles. The van der Waals surface area contributed by atoms with Gasteiger partial charge in [-0.2, -0.15) is 0 Å². The lowest BCUT2D eigenvalue weighted by Gasteiger charge is -2.26. The molecule has 2 saturated heterocycles. The van der Waals surface area contributed by atoms with E-state index in [9.17, 15) is 33.3 Å². The highest BCUT2D eigenvalue weighted by Crippen LogP contribution is 2.54. The van der Waals surface area contributed by atoms with Crippen molar-refractivity contribution in [2.45, 2.75) is 213 Å². The van der Waals surface area contributed by atoms with E-state index in [4.69, 9.17) is 43.8 Å². The number of phosphoric acid groups is 1. The summed E-state index contributed by atoms with van der Waals surface area (Å²) in [4.78, 5) is 83.1. The third-order valence-corrected chi connectivity index (χ3v) is 15.1. The molecule has 5 rings (SSSR count). The van der Waals surface area contributed by atoms with Crippen molar-refractivity contribution >= 4 is 19.8 Å². The molecular weight excluding hydrogens is 1010 g/mol. The Hall–Kier alpha value is -5.23. The molecule has 76 heavy (non-hydrogen) atoms. The van der Waals surface area contributed by atoms with Gasteiger partial charge in [0, 0.05) is 30.4 Å². The molecule has 8 atom stereocenters. The van der Waals surface area contributed by atoms with E-state index in [-0.39, 0.29) is 38.0 Å². The minimum Gasteiger partial charge on any atom is -0.493 e. The van der Waals surface area contributed by atoms with E-state index >= 15 is 4.39 Å². The number of nitrogens with one attached hydrogen (secondary N) is 2. The third kappa shape index (κ3) is 19.3. The molecule has 0 radical (unpaired) electrons. The molecule has 0 spiro atoms. The summed E-state index contributed by atoms with van der Waals surface area (Å²) < 4.78 is 78.6. The number of esters is 2. The van der Waals surface area contributed by atoms with Gasteiger partial charge in [0.1, 0.15) is 43.5 Å². The van der Waals surface area contributed by atoms with Crippen molar-refractivity contribution in [3.8, 4) is 5.75 Å². The number of nitrogens with zero attached hydrogens (tertiary/aromatic N) is 3. The predicted octanol–water partition coefficient (Wildman–Crippen LogP) is 9.47. The Labute approximate surface area is 444 Å². The highest BCUT2D eigenvalue weighted by molar-refractivity contribution is 7.48. The second kappa shape index (κ2) is 31.9. The van der Waals surface area contributed by atoms with Crippen molar-refractivity contribution in [2.24, 2.45) is 0 Å². The van der Waals surface area contributed by atoms with Crippen molar-refractivity contribution in [3.63, 3.8) is 0 Å². The summed E-state index contributed by atoms with van der Waals surface area (Å²) in [7, 11) is -4.86. The molecule has 2 aliphatic heterocycles. The highest BCUT2D eigenvalue weighted by atomic mass is 31.2. The lowest BCUT2D eigenvalue weighted by molar-refractivity contribution is -0.157. The fourth-order valence-electron chi connectivity index (χ4n) is 9.19. The van der Waals surface area contributed by atoms with Gasteiger partial charge in [-0.15, -0.1) is 0 Å². The van der Waals surface area contributed by atoms with Crippen LogP contribution in [-0.4, -0.2) is 88.0 Å². The summed E-state index contributed by atoms with van der Waals surface area (Å²) in [6.07, 6.45) is 12.0. The van der Waals surface area contributed by atoms with Gasteiger partial charge in [0.25, 0.3) is 11.1 Å².